The zero-order valence-corrected chi connectivity index (χ0v) is 22.3. The molecule has 1 fully saturated rings. The van der Waals surface area contributed by atoms with Gasteiger partial charge in [-0.15, -0.1) is 0 Å². The first-order valence-corrected chi connectivity index (χ1v) is 13.0. The molecular formula is C26H29FN12O. The number of aliphatic imine (C=N–C) groups is 1. The number of H-pyrrole nitrogens is 1. The number of nitrogens with two attached hydrogens (primary N) is 1. The Morgan fingerprint density at radius 1 is 1.12 bits per heavy atom. The van der Waals surface area contributed by atoms with Gasteiger partial charge in [0.1, 0.15) is 11.4 Å². The van der Waals surface area contributed by atoms with E-state index in [9.17, 15) is 9.18 Å². The largest absolute Gasteiger partial charge is 0.369 e. The zero-order chi connectivity index (χ0) is 28.0. The first-order valence-electron chi connectivity index (χ1n) is 13.0. The predicted octanol–water partition coefficient (Wildman–Crippen LogP) is 2.54. The van der Waals surface area contributed by atoms with Crippen LogP contribution in [0.4, 0.5) is 22.0 Å². The molecule has 13 nitrogen and oxygen atoms in total. The Bertz CT molecular complexity index is 1590. The molecule has 1 saturated heterocycles. The molecule has 0 saturated carbocycles. The lowest BCUT2D eigenvalue weighted by Crippen LogP contribution is -2.51. The summed E-state index contributed by atoms with van der Waals surface area (Å²) in [6.45, 7) is 6.82. The molecule has 206 valence electrons. The van der Waals surface area contributed by atoms with E-state index in [1.807, 2.05) is 39.0 Å². The number of rotatable bonds is 6. The summed E-state index contributed by atoms with van der Waals surface area (Å²) in [5.41, 5.74) is 7.93. The molecule has 1 unspecified atom stereocenters. The molecular weight excluding hydrogens is 515 g/mol. The molecule has 0 aliphatic carbocycles. The minimum Gasteiger partial charge on any atom is -0.369 e. The number of hydrogen-bond acceptors (Lipinski definition) is 10. The third-order valence-corrected chi connectivity index (χ3v) is 7.30. The van der Waals surface area contributed by atoms with Crippen LogP contribution in [0.5, 0.6) is 0 Å². The summed E-state index contributed by atoms with van der Waals surface area (Å²) < 4.78 is 14.7. The number of aromatic nitrogens is 7. The highest BCUT2D eigenvalue weighted by molar-refractivity contribution is 6.07. The van der Waals surface area contributed by atoms with E-state index in [1.165, 1.54) is 15.8 Å². The van der Waals surface area contributed by atoms with Gasteiger partial charge in [0, 0.05) is 42.8 Å². The van der Waals surface area contributed by atoms with Gasteiger partial charge in [-0.25, -0.2) is 24.0 Å². The first-order chi connectivity index (χ1) is 19.2. The van der Waals surface area contributed by atoms with E-state index in [2.05, 4.69) is 45.5 Å². The second-order valence-corrected chi connectivity index (χ2v) is 10.1. The Morgan fingerprint density at radius 3 is 2.58 bits per heavy atom. The fourth-order valence-corrected chi connectivity index (χ4v) is 5.15. The van der Waals surface area contributed by atoms with E-state index in [0.717, 1.165) is 23.1 Å². The van der Waals surface area contributed by atoms with Crippen LogP contribution in [0.3, 0.4) is 0 Å². The molecule has 4 N–H and O–H groups in total. The van der Waals surface area contributed by atoms with Crippen molar-refractivity contribution in [2.75, 3.05) is 23.3 Å². The van der Waals surface area contributed by atoms with Gasteiger partial charge in [0.2, 0.25) is 5.95 Å². The fourth-order valence-electron chi connectivity index (χ4n) is 5.15. The highest BCUT2D eigenvalue weighted by Gasteiger charge is 2.51. The summed E-state index contributed by atoms with van der Waals surface area (Å²) in [7, 11) is 0. The molecule has 2 aliphatic rings. The zero-order valence-electron chi connectivity index (χ0n) is 22.3. The third kappa shape index (κ3) is 4.61. The first kappa shape index (κ1) is 25.4. The summed E-state index contributed by atoms with van der Waals surface area (Å²) in [6, 6.07) is 6.92. The van der Waals surface area contributed by atoms with Crippen molar-refractivity contribution in [1.29, 1.82) is 0 Å². The standard InChI is InChI=1S/C26H29FN12O/c1-15-10-20(32-21-11-16(2)35-36-21)33-25(31-15)37-8-6-26(7-9-37)23(40)39(24(28)34-26)17(3)18-4-5-22(29-12-18)38-14-19(27)13-30-38/h4-5,10-14,17H,6-9H2,1-3H3,(H2,28,34)(H2,31,32,33,35,36). The van der Waals surface area contributed by atoms with Crippen molar-refractivity contribution >= 4 is 29.5 Å². The smallest absolute Gasteiger partial charge is 0.258 e. The Morgan fingerprint density at radius 2 is 1.93 bits per heavy atom. The van der Waals surface area contributed by atoms with Crippen molar-refractivity contribution in [1.82, 2.24) is 39.8 Å². The Kier molecular flexibility index (Phi) is 6.16. The maximum absolute atomic E-state index is 13.7. The lowest BCUT2D eigenvalue weighted by molar-refractivity contribution is -0.133. The number of carbonyl (C=O) groups excluding carboxylic acids is 1. The number of halogens is 1. The van der Waals surface area contributed by atoms with Crippen LogP contribution in [0.15, 0.2) is 47.8 Å². The van der Waals surface area contributed by atoms with Gasteiger partial charge in [-0.3, -0.25) is 14.8 Å². The molecule has 2 aliphatic heterocycles. The average molecular weight is 545 g/mol. The summed E-state index contributed by atoms with van der Waals surface area (Å²) in [6.07, 6.45) is 4.97. The average Bonchev–Trinajstić information content (AvgIpc) is 3.61. The van der Waals surface area contributed by atoms with Crippen molar-refractivity contribution in [3.05, 3.63) is 65.6 Å². The highest BCUT2D eigenvalue weighted by Crippen LogP contribution is 2.37. The molecule has 0 aromatic carbocycles. The van der Waals surface area contributed by atoms with Crippen LogP contribution in [0, 0.1) is 19.7 Å². The predicted molar refractivity (Wildman–Crippen MR) is 146 cm³/mol. The minimum absolute atomic E-state index is 0.128. The Hall–Kier alpha value is -4.88. The number of anilines is 3. The number of nitrogens with one attached hydrogen (secondary N) is 2. The number of guanidine groups is 1. The normalized spacial score (nSPS) is 17.4. The topological polar surface area (TPSA) is 159 Å². The molecule has 6 heterocycles. The van der Waals surface area contributed by atoms with Gasteiger partial charge in [-0.2, -0.15) is 15.2 Å². The second-order valence-electron chi connectivity index (χ2n) is 10.1. The number of piperidine rings is 1. The summed E-state index contributed by atoms with van der Waals surface area (Å²) in [5, 5.41) is 14.3. The monoisotopic (exact) mass is 544 g/mol. The molecule has 14 heteroatoms. The Labute approximate surface area is 229 Å². The van der Waals surface area contributed by atoms with Crippen LogP contribution >= 0.6 is 0 Å². The molecule has 1 atom stereocenters. The lowest BCUT2D eigenvalue weighted by atomic mass is 9.87. The molecule has 4 aromatic heterocycles. The van der Waals surface area contributed by atoms with Crippen molar-refractivity contribution in [3.63, 3.8) is 0 Å². The molecule has 1 spiro atoms. The summed E-state index contributed by atoms with van der Waals surface area (Å²) in [4.78, 5) is 35.7. The van der Waals surface area contributed by atoms with Gasteiger partial charge >= 0.3 is 0 Å². The molecule has 40 heavy (non-hydrogen) atoms. The van der Waals surface area contributed by atoms with Crippen LogP contribution in [0.25, 0.3) is 5.82 Å². The van der Waals surface area contributed by atoms with Gasteiger partial charge in [0.15, 0.2) is 23.4 Å². The van der Waals surface area contributed by atoms with Crippen molar-refractivity contribution in [3.8, 4) is 5.82 Å². The van der Waals surface area contributed by atoms with Crippen LogP contribution in [-0.2, 0) is 4.79 Å². The summed E-state index contributed by atoms with van der Waals surface area (Å²) >= 11 is 0. The maximum Gasteiger partial charge on any atom is 0.258 e. The quantitative estimate of drug-likeness (QED) is 0.331. The molecule has 0 radical (unpaired) electrons. The Balaban J connectivity index is 1.14. The van der Waals surface area contributed by atoms with Crippen LogP contribution in [-0.4, -0.2) is 70.3 Å². The fraction of sp³-hybridized carbons (Fsp3) is 0.346. The number of nitrogens with zero attached hydrogens (tertiary/aromatic N) is 9. The van der Waals surface area contributed by atoms with Crippen molar-refractivity contribution in [2.24, 2.45) is 10.7 Å². The molecule has 0 bridgehead atoms. The van der Waals surface area contributed by atoms with E-state index in [0.29, 0.717) is 49.3 Å². The third-order valence-electron chi connectivity index (χ3n) is 7.30. The minimum atomic E-state index is -0.924. The number of pyridine rings is 1. The highest BCUT2D eigenvalue weighted by atomic mass is 19.1. The maximum atomic E-state index is 13.7. The van der Waals surface area contributed by atoms with Crippen molar-refractivity contribution in [2.45, 2.75) is 45.2 Å². The molecule has 6 rings (SSSR count). The summed E-state index contributed by atoms with van der Waals surface area (Å²) in [5.74, 6) is 1.99. The van der Waals surface area contributed by atoms with E-state index in [1.54, 1.807) is 12.3 Å². The van der Waals surface area contributed by atoms with E-state index in [-0.39, 0.29) is 17.9 Å². The van der Waals surface area contributed by atoms with E-state index in [4.69, 9.17) is 5.73 Å². The van der Waals surface area contributed by atoms with Crippen LogP contribution in [0.1, 0.15) is 42.8 Å². The van der Waals surface area contributed by atoms with Gasteiger partial charge in [0.25, 0.3) is 5.91 Å². The van der Waals surface area contributed by atoms with Crippen LogP contribution < -0.4 is 16.0 Å². The van der Waals surface area contributed by atoms with Crippen molar-refractivity contribution < 1.29 is 9.18 Å². The van der Waals surface area contributed by atoms with Gasteiger partial charge < -0.3 is 16.0 Å². The molecule has 4 aromatic rings. The van der Waals surface area contributed by atoms with Gasteiger partial charge in [-0.1, -0.05) is 6.07 Å². The lowest BCUT2D eigenvalue weighted by Gasteiger charge is -2.37. The number of aromatic amines is 1. The van der Waals surface area contributed by atoms with E-state index >= 15 is 0 Å². The second kappa shape index (κ2) is 9.70. The van der Waals surface area contributed by atoms with E-state index < -0.39 is 11.4 Å². The number of amides is 1. The molecule has 1 amide bonds. The number of aryl methyl sites for hydroxylation is 2. The SMILES string of the molecule is Cc1cc(Nc2cc(C)[nH]n2)nc(N2CCC3(CC2)N=C(N)N(C(C)c2ccc(-n4cc(F)cn4)nc2)C3=O)n1. The number of carbonyl (C=O) groups is 1. The number of hydrogen-bond donors (Lipinski definition) is 3. The van der Waals surface area contributed by atoms with Gasteiger partial charge in [0.05, 0.1) is 18.4 Å². The van der Waals surface area contributed by atoms with Crippen LogP contribution in [0.2, 0.25) is 0 Å². The van der Waals surface area contributed by atoms with Gasteiger partial charge in [-0.05, 0) is 45.2 Å².